The maximum absolute atomic E-state index is 5.87. The Morgan fingerprint density at radius 3 is 2.24 bits per heavy atom. The number of rotatable bonds is 6. The van der Waals surface area contributed by atoms with Gasteiger partial charge in [0.15, 0.2) is 0 Å². The third kappa shape index (κ3) is 4.95. The molecule has 96 valence electrons. The molecule has 1 heterocycles. The molecule has 1 aromatic heterocycles. The smallest absolute Gasteiger partial charge is 0.128 e. The third-order valence-electron chi connectivity index (χ3n) is 2.46. The van der Waals surface area contributed by atoms with E-state index in [1.807, 2.05) is 12.3 Å². The van der Waals surface area contributed by atoms with E-state index in [4.69, 9.17) is 11.6 Å². The first-order chi connectivity index (χ1) is 8.02. The van der Waals surface area contributed by atoms with Gasteiger partial charge < -0.3 is 4.90 Å². The van der Waals surface area contributed by atoms with Gasteiger partial charge in [-0.2, -0.15) is 0 Å². The highest BCUT2D eigenvalue weighted by molar-refractivity contribution is 6.17. The Hall–Kier alpha value is -0.760. The van der Waals surface area contributed by atoms with Gasteiger partial charge in [0.2, 0.25) is 0 Å². The van der Waals surface area contributed by atoms with Crippen LogP contribution in [0.2, 0.25) is 0 Å². The lowest BCUT2D eigenvalue weighted by atomic mass is 10.1. The lowest BCUT2D eigenvalue weighted by Gasteiger charge is -2.27. The lowest BCUT2D eigenvalue weighted by molar-refractivity contribution is 0.548. The van der Waals surface area contributed by atoms with Crippen LogP contribution in [0.5, 0.6) is 0 Å². The number of pyridine rings is 1. The molecule has 3 heteroatoms. The molecule has 0 N–H and O–H groups in total. The largest absolute Gasteiger partial charge is 0.356 e. The van der Waals surface area contributed by atoms with Gasteiger partial charge in [0, 0.05) is 25.2 Å². The van der Waals surface area contributed by atoms with Gasteiger partial charge in [-0.25, -0.2) is 4.98 Å². The summed E-state index contributed by atoms with van der Waals surface area (Å²) in [5, 5.41) is 0. The summed E-state index contributed by atoms with van der Waals surface area (Å²) in [5.74, 6) is 2.86. The van der Waals surface area contributed by atoms with Crippen LogP contribution in [-0.2, 0) is 5.88 Å². The van der Waals surface area contributed by atoms with Gasteiger partial charge in [-0.15, -0.1) is 11.6 Å². The third-order valence-corrected chi connectivity index (χ3v) is 2.77. The number of anilines is 1. The van der Waals surface area contributed by atoms with Gasteiger partial charge >= 0.3 is 0 Å². The van der Waals surface area contributed by atoms with Crippen molar-refractivity contribution in [2.45, 2.75) is 33.6 Å². The van der Waals surface area contributed by atoms with Crippen molar-refractivity contribution < 1.29 is 0 Å². The standard InChI is InChI=1S/C14H23ClN2/c1-11(2)9-17(10-12(3)4)14-7-13(8-15)5-6-16-14/h5-7,11-12H,8-10H2,1-4H3. The molecule has 0 radical (unpaired) electrons. The molecule has 0 aliphatic heterocycles. The molecule has 17 heavy (non-hydrogen) atoms. The molecule has 0 unspecified atom stereocenters. The van der Waals surface area contributed by atoms with Crippen LogP contribution in [0.15, 0.2) is 18.3 Å². The van der Waals surface area contributed by atoms with E-state index in [0.29, 0.717) is 17.7 Å². The molecule has 2 nitrogen and oxygen atoms in total. The number of nitrogens with zero attached hydrogens (tertiary/aromatic N) is 2. The molecular formula is C14H23ClN2. The van der Waals surface area contributed by atoms with Crippen molar-refractivity contribution in [3.63, 3.8) is 0 Å². The topological polar surface area (TPSA) is 16.1 Å². The van der Waals surface area contributed by atoms with E-state index < -0.39 is 0 Å². The van der Waals surface area contributed by atoms with E-state index in [9.17, 15) is 0 Å². The Kier molecular flexibility index (Phi) is 5.76. The van der Waals surface area contributed by atoms with E-state index in [1.165, 1.54) is 0 Å². The Bertz CT molecular complexity index is 327. The van der Waals surface area contributed by atoms with E-state index in [-0.39, 0.29) is 0 Å². The highest BCUT2D eigenvalue weighted by Crippen LogP contribution is 2.17. The minimum absolute atomic E-state index is 0.548. The van der Waals surface area contributed by atoms with Crippen LogP contribution in [0.3, 0.4) is 0 Å². The molecule has 0 aliphatic rings. The average Bonchev–Trinajstić information content (AvgIpc) is 2.27. The molecule has 0 saturated heterocycles. The lowest BCUT2D eigenvalue weighted by Crippen LogP contribution is -2.32. The molecule has 1 aromatic rings. The van der Waals surface area contributed by atoms with Gasteiger partial charge in [0.1, 0.15) is 5.82 Å². The second-order valence-electron chi connectivity index (χ2n) is 5.35. The molecule has 0 saturated carbocycles. The normalized spacial score (nSPS) is 11.2. The monoisotopic (exact) mass is 254 g/mol. The Balaban J connectivity index is 2.86. The van der Waals surface area contributed by atoms with Gasteiger partial charge in [0.25, 0.3) is 0 Å². The van der Waals surface area contributed by atoms with Gasteiger partial charge in [-0.3, -0.25) is 0 Å². The zero-order valence-electron chi connectivity index (χ0n) is 11.3. The van der Waals surface area contributed by atoms with Crippen LogP contribution >= 0.6 is 11.6 Å². The van der Waals surface area contributed by atoms with E-state index in [0.717, 1.165) is 24.5 Å². The molecule has 0 aromatic carbocycles. The zero-order valence-corrected chi connectivity index (χ0v) is 12.0. The van der Waals surface area contributed by atoms with Crippen molar-refractivity contribution >= 4 is 17.4 Å². The number of aromatic nitrogens is 1. The molecule has 0 spiro atoms. The minimum atomic E-state index is 0.548. The molecular weight excluding hydrogens is 232 g/mol. The highest BCUT2D eigenvalue weighted by atomic mass is 35.5. The fourth-order valence-corrected chi connectivity index (χ4v) is 2.03. The van der Waals surface area contributed by atoms with E-state index >= 15 is 0 Å². The summed E-state index contributed by atoms with van der Waals surface area (Å²) in [6.07, 6.45) is 1.85. The summed E-state index contributed by atoms with van der Waals surface area (Å²) < 4.78 is 0. The molecule has 0 amide bonds. The quantitative estimate of drug-likeness (QED) is 0.715. The maximum atomic E-state index is 5.87. The van der Waals surface area contributed by atoms with Gasteiger partial charge in [-0.05, 0) is 29.5 Å². The van der Waals surface area contributed by atoms with Crippen LogP contribution in [-0.4, -0.2) is 18.1 Å². The van der Waals surface area contributed by atoms with Gasteiger partial charge in [0.05, 0.1) is 0 Å². The number of alkyl halides is 1. The Morgan fingerprint density at radius 1 is 1.18 bits per heavy atom. The second kappa shape index (κ2) is 6.85. The Morgan fingerprint density at radius 2 is 1.76 bits per heavy atom. The highest BCUT2D eigenvalue weighted by Gasteiger charge is 2.11. The van der Waals surface area contributed by atoms with Gasteiger partial charge in [-0.1, -0.05) is 27.7 Å². The van der Waals surface area contributed by atoms with Crippen LogP contribution in [0, 0.1) is 11.8 Å². The summed E-state index contributed by atoms with van der Waals surface area (Å²) in [5.41, 5.74) is 1.13. The van der Waals surface area contributed by atoms with Crippen molar-refractivity contribution in [2.75, 3.05) is 18.0 Å². The summed E-state index contributed by atoms with van der Waals surface area (Å²) >= 11 is 5.87. The fraction of sp³-hybridized carbons (Fsp3) is 0.643. The predicted octanol–water partition coefficient (Wildman–Crippen LogP) is 3.94. The minimum Gasteiger partial charge on any atom is -0.356 e. The molecule has 0 atom stereocenters. The zero-order chi connectivity index (χ0) is 12.8. The predicted molar refractivity (Wildman–Crippen MR) is 75.7 cm³/mol. The first-order valence-corrected chi connectivity index (χ1v) is 6.82. The fourth-order valence-electron chi connectivity index (χ4n) is 1.86. The van der Waals surface area contributed by atoms with E-state index in [1.54, 1.807) is 0 Å². The van der Waals surface area contributed by atoms with Crippen molar-refractivity contribution in [3.8, 4) is 0 Å². The van der Waals surface area contributed by atoms with Crippen LogP contribution < -0.4 is 4.90 Å². The maximum Gasteiger partial charge on any atom is 0.128 e. The molecule has 0 bridgehead atoms. The van der Waals surface area contributed by atoms with Crippen LogP contribution in [0.1, 0.15) is 33.3 Å². The van der Waals surface area contributed by atoms with Crippen molar-refractivity contribution in [2.24, 2.45) is 11.8 Å². The van der Waals surface area contributed by atoms with Crippen LogP contribution in [0.4, 0.5) is 5.82 Å². The first-order valence-electron chi connectivity index (χ1n) is 6.28. The summed E-state index contributed by atoms with van der Waals surface area (Å²) in [6.45, 7) is 11.0. The summed E-state index contributed by atoms with van der Waals surface area (Å²) in [6, 6.07) is 4.07. The van der Waals surface area contributed by atoms with E-state index in [2.05, 4.69) is 43.6 Å². The average molecular weight is 255 g/mol. The van der Waals surface area contributed by atoms with Crippen LogP contribution in [0.25, 0.3) is 0 Å². The molecule has 0 fully saturated rings. The van der Waals surface area contributed by atoms with Crippen molar-refractivity contribution in [3.05, 3.63) is 23.9 Å². The second-order valence-corrected chi connectivity index (χ2v) is 5.62. The SMILES string of the molecule is CC(C)CN(CC(C)C)c1cc(CCl)ccn1. The molecule has 0 aliphatic carbocycles. The number of hydrogen-bond acceptors (Lipinski definition) is 2. The Labute approximate surface area is 110 Å². The number of hydrogen-bond donors (Lipinski definition) is 0. The summed E-state index contributed by atoms with van der Waals surface area (Å²) in [7, 11) is 0. The summed E-state index contributed by atoms with van der Waals surface area (Å²) in [4.78, 5) is 6.81. The number of halogens is 1. The van der Waals surface area contributed by atoms with Crippen molar-refractivity contribution in [1.29, 1.82) is 0 Å². The van der Waals surface area contributed by atoms with Crippen molar-refractivity contribution in [1.82, 2.24) is 4.98 Å². The molecule has 1 rings (SSSR count). The first kappa shape index (κ1) is 14.3.